The number of nitrogens with two attached hydrogens (primary N) is 2. The summed E-state index contributed by atoms with van der Waals surface area (Å²) >= 11 is 0. The molecule has 18 heavy (non-hydrogen) atoms. The largest absolute Gasteiger partial charge is 0.390 e. The zero-order valence-corrected chi connectivity index (χ0v) is 10.6. The van der Waals surface area contributed by atoms with Gasteiger partial charge in [0.05, 0.1) is 6.04 Å². The molecule has 0 aliphatic heterocycles. The van der Waals surface area contributed by atoms with Crippen molar-refractivity contribution in [2.75, 3.05) is 0 Å². The van der Waals surface area contributed by atoms with E-state index in [-0.39, 0.29) is 0 Å². The molecule has 1 saturated carbocycles. The van der Waals surface area contributed by atoms with Crippen molar-refractivity contribution in [1.82, 2.24) is 5.32 Å². The molecule has 7 heteroatoms. The Morgan fingerprint density at radius 2 is 1.83 bits per heavy atom. The number of carbonyl (C=O) groups excluding carboxylic acids is 3. The van der Waals surface area contributed by atoms with Gasteiger partial charge < -0.3 is 21.5 Å². The van der Waals surface area contributed by atoms with E-state index in [1.807, 2.05) is 0 Å². The van der Waals surface area contributed by atoms with E-state index in [1.54, 1.807) is 0 Å². The van der Waals surface area contributed by atoms with Crippen LogP contribution in [0.25, 0.3) is 0 Å². The average Bonchev–Trinajstić information content (AvgIpc) is 2.25. The Kier molecular flexibility index (Phi) is 4.42. The van der Waals surface area contributed by atoms with Crippen LogP contribution >= 0.6 is 0 Å². The van der Waals surface area contributed by atoms with Crippen LogP contribution in [0.4, 0.5) is 0 Å². The van der Waals surface area contributed by atoms with Gasteiger partial charge in [-0.1, -0.05) is 0 Å². The maximum atomic E-state index is 11.6. The third-order valence-electron chi connectivity index (χ3n) is 2.97. The topological polar surface area (TPSA) is 125 Å². The summed E-state index contributed by atoms with van der Waals surface area (Å²) in [5.74, 6) is -2.05. The van der Waals surface area contributed by atoms with Crippen LogP contribution in [0.1, 0.15) is 33.1 Å². The predicted molar refractivity (Wildman–Crippen MR) is 63.1 cm³/mol. The van der Waals surface area contributed by atoms with Crippen molar-refractivity contribution in [1.29, 1.82) is 0 Å². The lowest BCUT2D eigenvalue weighted by Crippen LogP contribution is -2.56. The number of esters is 2. The van der Waals surface area contributed by atoms with E-state index in [0.29, 0.717) is 12.8 Å². The van der Waals surface area contributed by atoms with E-state index in [9.17, 15) is 14.4 Å². The molecule has 5 N–H and O–H groups in total. The molecule has 1 rings (SSSR count). The molecule has 1 fully saturated rings. The summed E-state index contributed by atoms with van der Waals surface area (Å²) in [6.07, 6.45) is 1.87. The summed E-state index contributed by atoms with van der Waals surface area (Å²) < 4.78 is 4.64. The van der Waals surface area contributed by atoms with Gasteiger partial charge in [-0.05, 0) is 33.1 Å². The molecule has 0 saturated heterocycles. The summed E-state index contributed by atoms with van der Waals surface area (Å²) in [4.78, 5) is 34.4. The maximum Gasteiger partial charge on any atom is 0.336 e. The molecule has 2 atom stereocenters. The van der Waals surface area contributed by atoms with Gasteiger partial charge in [-0.15, -0.1) is 0 Å². The zero-order valence-electron chi connectivity index (χ0n) is 10.6. The summed E-state index contributed by atoms with van der Waals surface area (Å²) in [7, 11) is 0. The van der Waals surface area contributed by atoms with Gasteiger partial charge in [0, 0.05) is 0 Å². The number of hydrogen-bond acceptors (Lipinski definition) is 6. The lowest BCUT2D eigenvalue weighted by Gasteiger charge is -2.34. The SMILES string of the molecule is C[C@H](N)C(=O)N[C@@H](C)C(=O)OC(=O)C1(N)CCC1. The number of carbonyl (C=O) groups is 3. The lowest BCUT2D eigenvalue weighted by molar-refractivity contribution is -0.167. The normalized spacial score (nSPS) is 20.2. The second kappa shape index (κ2) is 5.45. The van der Waals surface area contributed by atoms with E-state index in [4.69, 9.17) is 11.5 Å². The predicted octanol–water partition coefficient (Wildman–Crippen LogP) is -1.21. The molecule has 0 aromatic heterocycles. The van der Waals surface area contributed by atoms with Crippen molar-refractivity contribution < 1.29 is 19.1 Å². The van der Waals surface area contributed by atoms with Gasteiger partial charge in [0.15, 0.2) is 0 Å². The smallest absolute Gasteiger partial charge is 0.336 e. The first-order valence-electron chi connectivity index (χ1n) is 5.87. The van der Waals surface area contributed by atoms with Crippen LogP contribution in [0.2, 0.25) is 0 Å². The van der Waals surface area contributed by atoms with E-state index >= 15 is 0 Å². The Bertz CT molecular complexity index is 363. The van der Waals surface area contributed by atoms with Gasteiger partial charge in [-0.2, -0.15) is 0 Å². The fraction of sp³-hybridized carbons (Fsp3) is 0.727. The molecule has 0 aromatic rings. The Balaban J connectivity index is 2.45. The molecule has 1 amide bonds. The second-order valence-electron chi connectivity index (χ2n) is 4.74. The molecule has 0 heterocycles. The van der Waals surface area contributed by atoms with Crippen molar-refractivity contribution >= 4 is 17.8 Å². The lowest BCUT2D eigenvalue weighted by atomic mass is 9.78. The molecule has 0 aromatic carbocycles. The Hall–Kier alpha value is -1.47. The monoisotopic (exact) mass is 257 g/mol. The highest BCUT2D eigenvalue weighted by Gasteiger charge is 2.43. The van der Waals surface area contributed by atoms with Crippen molar-refractivity contribution in [2.45, 2.75) is 50.7 Å². The van der Waals surface area contributed by atoms with Crippen LogP contribution in [-0.2, 0) is 19.1 Å². The molecule has 0 unspecified atom stereocenters. The van der Waals surface area contributed by atoms with E-state index in [0.717, 1.165) is 6.42 Å². The zero-order chi connectivity index (χ0) is 13.9. The van der Waals surface area contributed by atoms with Crippen LogP contribution < -0.4 is 16.8 Å². The first-order chi connectivity index (χ1) is 8.26. The van der Waals surface area contributed by atoms with Gasteiger partial charge in [0.25, 0.3) is 0 Å². The Morgan fingerprint density at radius 3 is 2.22 bits per heavy atom. The third kappa shape index (κ3) is 3.27. The minimum atomic E-state index is -1.04. The Morgan fingerprint density at radius 1 is 1.28 bits per heavy atom. The number of hydrogen-bond donors (Lipinski definition) is 3. The molecular weight excluding hydrogens is 238 g/mol. The molecular formula is C11H19N3O4. The highest BCUT2D eigenvalue weighted by molar-refractivity contribution is 5.95. The molecule has 1 aliphatic rings. The third-order valence-corrected chi connectivity index (χ3v) is 2.97. The molecule has 7 nitrogen and oxygen atoms in total. The molecule has 0 radical (unpaired) electrons. The van der Waals surface area contributed by atoms with Gasteiger partial charge >= 0.3 is 11.9 Å². The van der Waals surface area contributed by atoms with Gasteiger partial charge in [-0.3, -0.25) is 4.79 Å². The molecule has 1 aliphatic carbocycles. The van der Waals surface area contributed by atoms with Gasteiger partial charge in [0.2, 0.25) is 5.91 Å². The van der Waals surface area contributed by atoms with Crippen molar-refractivity contribution in [3.05, 3.63) is 0 Å². The van der Waals surface area contributed by atoms with Crippen LogP contribution in [-0.4, -0.2) is 35.5 Å². The summed E-state index contributed by atoms with van der Waals surface area (Å²) in [5, 5.41) is 2.34. The Labute approximate surface area is 105 Å². The van der Waals surface area contributed by atoms with Gasteiger partial charge in [-0.25, -0.2) is 9.59 Å². The van der Waals surface area contributed by atoms with Crippen LogP contribution in [0, 0.1) is 0 Å². The number of nitrogens with one attached hydrogen (secondary N) is 1. The molecule has 102 valence electrons. The summed E-state index contributed by atoms with van der Waals surface area (Å²) in [6.45, 7) is 2.90. The highest BCUT2D eigenvalue weighted by Crippen LogP contribution is 2.30. The fourth-order valence-corrected chi connectivity index (χ4v) is 1.45. The van der Waals surface area contributed by atoms with Crippen LogP contribution in [0.3, 0.4) is 0 Å². The first-order valence-corrected chi connectivity index (χ1v) is 5.87. The fourth-order valence-electron chi connectivity index (χ4n) is 1.45. The van der Waals surface area contributed by atoms with Crippen molar-refractivity contribution in [3.63, 3.8) is 0 Å². The standard InChI is InChI=1S/C11H19N3O4/c1-6(12)8(15)14-7(2)9(16)18-10(17)11(13)4-3-5-11/h6-7H,3-5,12-13H2,1-2H3,(H,14,15)/t6-,7-/m0/s1. The first kappa shape index (κ1) is 14.6. The number of rotatable bonds is 4. The van der Waals surface area contributed by atoms with E-state index < -0.39 is 35.5 Å². The molecule has 0 bridgehead atoms. The van der Waals surface area contributed by atoms with Crippen LogP contribution in [0.15, 0.2) is 0 Å². The number of ether oxygens (including phenoxy) is 1. The quantitative estimate of drug-likeness (QED) is 0.428. The van der Waals surface area contributed by atoms with Gasteiger partial charge in [0.1, 0.15) is 11.6 Å². The van der Waals surface area contributed by atoms with E-state index in [2.05, 4.69) is 10.1 Å². The minimum absolute atomic E-state index is 0.488. The summed E-state index contributed by atoms with van der Waals surface area (Å²) in [6, 6.07) is -1.67. The number of amides is 1. The van der Waals surface area contributed by atoms with Crippen molar-refractivity contribution in [3.8, 4) is 0 Å². The molecule has 0 spiro atoms. The highest BCUT2D eigenvalue weighted by atomic mass is 16.6. The second-order valence-corrected chi connectivity index (χ2v) is 4.74. The minimum Gasteiger partial charge on any atom is -0.390 e. The summed E-state index contributed by atoms with van der Waals surface area (Å²) in [5.41, 5.74) is 10.0. The maximum absolute atomic E-state index is 11.6. The van der Waals surface area contributed by atoms with E-state index in [1.165, 1.54) is 13.8 Å². The van der Waals surface area contributed by atoms with Crippen LogP contribution in [0.5, 0.6) is 0 Å². The average molecular weight is 257 g/mol. The van der Waals surface area contributed by atoms with Crippen molar-refractivity contribution in [2.24, 2.45) is 11.5 Å².